The van der Waals surface area contributed by atoms with Gasteiger partial charge in [0.05, 0.1) is 11.6 Å². The highest BCUT2D eigenvalue weighted by Crippen LogP contribution is 2.24. The van der Waals surface area contributed by atoms with Crippen molar-refractivity contribution in [3.63, 3.8) is 0 Å². The monoisotopic (exact) mass is 323 g/mol. The first-order valence-electron chi connectivity index (χ1n) is 6.56. The average Bonchev–Trinajstić information content (AvgIpc) is 2.80. The van der Waals surface area contributed by atoms with Crippen LogP contribution in [0.25, 0.3) is 0 Å². The van der Waals surface area contributed by atoms with E-state index in [1.165, 1.54) is 6.07 Å². The Hall–Kier alpha value is -2.40. The zero-order valence-electron chi connectivity index (χ0n) is 12.1. The van der Waals surface area contributed by atoms with E-state index in [1.54, 1.807) is 13.0 Å². The molecule has 1 heterocycles. The van der Waals surface area contributed by atoms with Crippen LogP contribution < -0.4 is 4.72 Å². The minimum Gasteiger partial charge on any atom is -0.359 e. The second-order valence-corrected chi connectivity index (χ2v) is 6.34. The topological polar surface area (TPSA) is 96.0 Å². The second-order valence-electron chi connectivity index (χ2n) is 4.69. The number of halogens is 1. The van der Waals surface area contributed by atoms with Gasteiger partial charge in [0.25, 0.3) is 10.0 Å². The summed E-state index contributed by atoms with van der Waals surface area (Å²) in [5, 5.41) is 12.3. The lowest BCUT2D eigenvalue weighted by Gasteiger charge is -2.07. The third kappa shape index (κ3) is 3.09. The molecule has 0 aliphatic rings. The van der Waals surface area contributed by atoms with Gasteiger partial charge < -0.3 is 4.52 Å². The first-order chi connectivity index (χ1) is 10.4. The van der Waals surface area contributed by atoms with E-state index in [-0.39, 0.29) is 11.4 Å². The number of nitrogens with one attached hydrogen (secondary N) is 1. The molecule has 0 radical (unpaired) electrons. The van der Waals surface area contributed by atoms with Gasteiger partial charge in [-0.1, -0.05) is 12.1 Å². The first-order valence-corrected chi connectivity index (χ1v) is 8.05. The van der Waals surface area contributed by atoms with Crippen molar-refractivity contribution in [2.75, 3.05) is 4.72 Å². The third-order valence-corrected chi connectivity index (χ3v) is 4.45. The fraction of sp³-hybridized carbons (Fsp3) is 0.286. The number of nitriles is 1. The summed E-state index contributed by atoms with van der Waals surface area (Å²) in [6.07, 6.45) is 1.46. The number of rotatable bonds is 5. The average molecular weight is 323 g/mol. The molecule has 2 rings (SSSR count). The van der Waals surface area contributed by atoms with Crippen molar-refractivity contribution in [1.29, 1.82) is 5.26 Å². The van der Waals surface area contributed by atoms with Gasteiger partial charge in [-0.2, -0.15) is 5.26 Å². The fourth-order valence-corrected chi connectivity index (χ4v) is 3.01. The summed E-state index contributed by atoms with van der Waals surface area (Å²) >= 11 is 0. The Bertz CT molecular complexity index is 838. The summed E-state index contributed by atoms with van der Waals surface area (Å²) < 4.78 is 45.6. The largest absolute Gasteiger partial charge is 0.359 e. The van der Waals surface area contributed by atoms with E-state index < -0.39 is 20.7 Å². The molecule has 0 saturated carbocycles. The lowest BCUT2D eigenvalue weighted by Crippen LogP contribution is -2.15. The zero-order valence-corrected chi connectivity index (χ0v) is 12.9. The minimum absolute atomic E-state index is 0.0345. The van der Waals surface area contributed by atoms with Crippen molar-refractivity contribution in [3.05, 3.63) is 40.9 Å². The van der Waals surface area contributed by atoms with Crippen molar-refractivity contribution >= 4 is 15.8 Å². The van der Waals surface area contributed by atoms with Gasteiger partial charge in [-0.05, 0) is 31.5 Å². The normalized spacial score (nSPS) is 11.2. The number of hydrogen-bond donors (Lipinski definition) is 1. The third-order valence-electron chi connectivity index (χ3n) is 3.08. The maximum atomic E-state index is 13.8. The van der Waals surface area contributed by atoms with Crippen molar-refractivity contribution < 1.29 is 17.3 Å². The standard InChI is InChI=1S/C14H14FN3O3S/c1-3-4-12-9(2)14(17-21-12)18-22(19,20)13-6-5-10(8-16)7-11(13)15/h5-7H,3-4H2,1-2H3,(H,17,18). The van der Waals surface area contributed by atoms with E-state index in [1.807, 2.05) is 6.92 Å². The van der Waals surface area contributed by atoms with Crippen LogP contribution in [-0.2, 0) is 16.4 Å². The molecule has 116 valence electrons. The van der Waals surface area contributed by atoms with Crippen LogP contribution in [0.5, 0.6) is 0 Å². The molecule has 0 aliphatic carbocycles. The molecule has 0 unspecified atom stereocenters. The predicted octanol–water partition coefficient (Wildman–Crippen LogP) is 2.75. The van der Waals surface area contributed by atoms with E-state index in [9.17, 15) is 12.8 Å². The number of anilines is 1. The Kier molecular flexibility index (Phi) is 4.47. The molecule has 6 nitrogen and oxygen atoms in total. The van der Waals surface area contributed by atoms with Gasteiger partial charge in [0.2, 0.25) is 0 Å². The maximum absolute atomic E-state index is 13.8. The SMILES string of the molecule is CCCc1onc(NS(=O)(=O)c2ccc(C#N)cc2F)c1C. The van der Waals surface area contributed by atoms with Crippen LogP contribution in [0, 0.1) is 24.1 Å². The predicted molar refractivity (Wildman–Crippen MR) is 77.2 cm³/mol. The zero-order chi connectivity index (χ0) is 16.3. The van der Waals surface area contributed by atoms with E-state index in [0.29, 0.717) is 17.7 Å². The lowest BCUT2D eigenvalue weighted by molar-refractivity contribution is 0.383. The summed E-state index contributed by atoms with van der Waals surface area (Å²) in [4.78, 5) is -0.550. The summed E-state index contributed by atoms with van der Waals surface area (Å²) in [5.74, 6) is -0.380. The van der Waals surface area contributed by atoms with Crippen LogP contribution in [0.3, 0.4) is 0 Å². The van der Waals surface area contributed by atoms with Crippen molar-refractivity contribution in [2.24, 2.45) is 0 Å². The van der Waals surface area contributed by atoms with E-state index in [0.717, 1.165) is 18.6 Å². The maximum Gasteiger partial charge on any atom is 0.266 e. The van der Waals surface area contributed by atoms with Crippen molar-refractivity contribution in [1.82, 2.24) is 5.16 Å². The molecule has 0 aliphatic heterocycles. The van der Waals surface area contributed by atoms with E-state index >= 15 is 0 Å². The fourth-order valence-electron chi connectivity index (χ4n) is 1.90. The Morgan fingerprint density at radius 2 is 2.18 bits per heavy atom. The van der Waals surface area contributed by atoms with Crippen molar-refractivity contribution in [3.8, 4) is 6.07 Å². The Morgan fingerprint density at radius 1 is 1.45 bits per heavy atom. The molecule has 1 aromatic carbocycles. The lowest BCUT2D eigenvalue weighted by atomic mass is 10.2. The number of benzene rings is 1. The van der Waals surface area contributed by atoms with Crippen LogP contribution in [0.1, 0.15) is 30.2 Å². The molecule has 22 heavy (non-hydrogen) atoms. The van der Waals surface area contributed by atoms with Gasteiger partial charge in [0.15, 0.2) is 5.82 Å². The van der Waals surface area contributed by atoms with Gasteiger partial charge in [-0.15, -0.1) is 0 Å². The molecular weight excluding hydrogens is 309 g/mol. The summed E-state index contributed by atoms with van der Waals surface area (Å²) in [6, 6.07) is 4.88. The molecular formula is C14H14FN3O3S. The summed E-state index contributed by atoms with van der Waals surface area (Å²) in [5.41, 5.74) is 0.610. The minimum atomic E-state index is -4.15. The van der Waals surface area contributed by atoms with Crippen LogP contribution in [-0.4, -0.2) is 13.6 Å². The molecule has 0 atom stereocenters. The van der Waals surface area contributed by atoms with Gasteiger partial charge in [-0.3, -0.25) is 4.72 Å². The molecule has 0 bridgehead atoms. The van der Waals surface area contributed by atoms with Crippen LogP contribution in [0.4, 0.5) is 10.2 Å². The number of aryl methyl sites for hydroxylation is 1. The molecule has 0 fully saturated rings. The molecule has 0 amide bonds. The number of nitrogens with zero attached hydrogens (tertiary/aromatic N) is 2. The number of hydrogen-bond acceptors (Lipinski definition) is 5. The molecule has 1 N–H and O–H groups in total. The molecule has 8 heteroatoms. The highest BCUT2D eigenvalue weighted by atomic mass is 32.2. The number of aromatic nitrogens is 1. The highest BCUT2D eigenvalue weighted by molar-refractivity contribution is 7.92. The van der Waals surface area contributed by atoms with Crippen LogP contribution in [0.15, 0.2) is 27.6 Å². The first kappa shape index (κ1) is 16.0. The second kappa shape index (κ2) is 6.15. The molecule has 0 spiro atoms. The molecule has 1 aromatic heterocycles. The van der Waals surface area contributed by atoms with Gasteiger partial charge >= 0.3 is 0 Å². The summed E-state index contributed by atoms with van der Waals surface area (Å²) in [7, 11) is -4.15. The van der Waals surface area contributed by atoms with Crippen molar-refractivity contribution in [2.45, 2.75) is 31.6 Å². The van der Waals surface area contributed by atoms with E-state index in [4.69, 9.17) is 9.78 Å². The Balaban J connectivity index is 2.34. The smallest absolute Gasteiger partial charge is 0.266 e. The molecule has 0 saturated heterocycles. The van der Waals surface area contributed by atoms with Gasteiger partial charge in [-0.25, -0.2) is 12.8 Å². The van der Waals surface area contributed by atoms with Crippen LogP contribution >= 0.6 is 0 Å². The van der Waals surface area contributed by atoms with Crippen LogP contribution in [0.2, 0.25) is 0 Å². The molecule has 2 aromatic rings. The number of sulfonamides is 1. The van der Waals surface area contributed by atoms with E-state index in [2.05, 4.69) is 9.88 Å². The quantitative estimate of drug-likeness (QED) is 0.912. The van der Waals surface area contributed by atoms with Gasteiger partial charge in [0.1, 0.15) is 16.5 Å². The Morgan fingerprint density at radius 3 is 2.77 bits per heavy atom. The Labute approximate surface area is 127 Å². The highest BCUT2D eigenvalue weighted by Gasteiger charge is 2.23. The summed E-state index contributed by atoms with van der Waals surface area (Å²) in [6.45, 7) is 3.63. The van der Waals surface area contributed by atoms with Gasteiger partial charge in [0, 0.05) is 12.0 Å².